The molecule has 0 saturated carbocycles. The van der Waals surface area contributed by atoms with Crippen LogP contribution in [-0.4, -0.2) is 19.3 Å². The third kappa shape index (κ3) is 5.86. The number of fused-ring (bicyclic) bond motifs is 3. The Balaban J connectivity index is 1.22. The van der Waals surface area contributed by atoms with E-state index in [4.69, 9.17) is 14.8 Å². The quantitative estimate of drug-likeness (QED) is 0.176. The zero-order valence-electron chi connectivity index (χ0n) is 31.2. The summed E-state index contributed by atoms with van der Waals surface area (Å²) in [7, 11) is 0. The first kappa shape index (κ1) is 33.2. The van der Waals surface area contributed by atoms with Gasteiger partial charge in [-0.05, 0) is 121 Å². The highest BCUT2D eigenvalue weighted by Gasteiger charge is 2.22. The number of hydrogen-bond acceptors (Lipinski definition) is 3. The number of aryl methyl sites for hydroxylation is 4. The predicted octanol–water partition coefficient (Wildman–Crippen LogP) is 12.3. The van der Waals surface area contributed by atoms with Crippen molar-refractivity contribution < 1.29 is 4.74 Å². The molecule has 3 aromatic heterocycles. The van der Waals surface area contributed by atoms with Crippen LogP contribution in [0.4, 0.5) is 0 Å². The molecule has 0 saturated heterocycles. The fourth-order valence-corrected chi connectivity index (χ4v) is 7.65. The summed E-state index contributed by atoms with van der Waals surface area (Å²) < 4.78 is 11.1. The smallest absolute Gasteiger partial charge is 0.137 e. The number of rotatable bonds is 6. The van der Waals surface area contributed by atoms with Gasteiger partial charge >= 0.3 is 0 Å². The fraction of sp³-hybridized carbons (Fsp3) is 0.191. The minimum atomic E-state index is -0.110. The molecule has 0 radical (unpaired) electrons. The highest BCUT2D eigenvalue weighted by molar-refractivity contribution is 6.09. The summed E-state index contributed by atoms with van der Waals surface area (Å²) in [6.45, 7) is 17.5. The van der Waals surface area contributed by atoms with Gasteiger partial charge in [-0.1, -0.05) is 81.4 Å². The maximum absolute atomic E-state index is 6.78. The van der Waals surface area contributed by atoms with Crippen molar-refractivity contribution in [1.29, 1.82) is 0 Å². The second kappa shape index (κ2) is 12.7. The summed E-state index contributed by atoms with van der Waals surface area (Å²) >= 11 is 0. The first-order chi connectivity index (χ1) is 25.0. The summed E-state index contributed by atoms with van der Waals surface area (Å²) in [5.41, 5.74) is 14.8. The van der Waals surface area contributed by atoms with Crippen LogP contribution in [0.15, 0.2) is 121 Å². The van der Waals surface area contributed by atoms with Gasteiger partial charge in [0.15, 0.2) is 0 Å². The van der Waals surface area contributed by atoms with Crippen LogP contribution < -0.4 is 4.74 Å². The topological polar surface area (TPSA) is 44.9 Å². The molecular weight excluding hydrogens is 637 g/mol. The average molecular weight is 681 g/mol. The Kier molecular flexibility index (Phi) is 8.10. The van der Waals surface area contributed by atoms with E-state index in [1.807, 2.05) is 12.3 Å². The van der Waals surface area contributed by atoms with Gasteiger partial charge in [-0.25, -0.2) is 9.67 Å². The Hall–Kier alpha value is -5.94. The van der Waals surface area contributed by atoms with Crippen LogP contribution >= 0.6 is 0 Å². The molecule has 3 heterocycles. The van der Waals surface area contributed by atoms with E-state index in [0.717, 1.165) is 56.4 Å². The summed E-state index contributed by atoms with van der Waals surface area (Å²) in [6, 6.07) is 40.7. The molecule has 8 aromatic rings. The number of nitrogens with zero attached hydrogens (tertiary/aromatic N) is 4. The zero-order valence-corrected chi connectivity index (χ0v) is 31.2. The lowest BCUT2D eigenvalue weighted by Crippen LogP contribution is -2.12. The lowest BCUT2D eigenvalue weighted by molar-refractivity contribution is 0.478. The summed E-state index contributed by atoms with van der Waals surface area (Å²) in [5, 5.41) is 7.50. The molecule has 5 heteroatoms. The molecule has 0 amide bonds. The van der Waals surface area contributed by atoms with E-state index in [9.17, 15) is 0 Å². The molecule has 0 atom stereocenters. The van der Waals surface area contributed by atoms with E-state index in [0.29, 0.717) is 0 Å². The number of benzene rings is 5. The third-order valence-corrected chi connectivity index (χ3v) is 10.2. The van der Waals surface area contributed by atoms with Crippen LogP contribution in [0.25, 0.3) is 55.6 Å². The third-order valence-electron chi connectivity index (χ3n) is 10.2. The van der Waals surface area contributed by atoms with Crippen molar-refractivity contribution in [3.05, 3.63) is 155 Å². The molecule has 5 nitrogen and oxygen atoms in total. The molecule has 0 spiro atoms. The molecule has 0 bridgehead atoms. The second-order valence-corrected chi connectivity index (χ2v) is 15.1. The van der Waals surface area contributed by atoms with E-state index >= 15 is 0 Å². The van der Waals surface area contributed by atoms with Crippen LogP contribution in [0.5, 0.6) is 11.5 Å². The zero-order chi connectivity index (χ0) is 36.3. The van der Waals surface area contributed by atoms with E-state index in [2.05, 4.69) is 174 Å². The summed E-state index contributed by atoms with van der Waals surface area (Å²) in [4.78, 5) is 4.76. The van der Waals surface area contributed by atoms with Crippen LogP contribution in [0, 0.1) is 34.6 Å². The van der Waals surface area contributed by atoms with Crippen molar-refractivity contribution in [2.24, 2.45) is 0 Å². The molecule has 52 heavy (non-hydrogen) atoms. The van der Waals surface area contributed by atoms with E-state index in [1.54, 1.807) is 0 Å². The van der Waals surface area contributed by atoms with E-state index < -0.39 is 0 Å². The largest absolute Gasteiger partial charge is 0.457 e. The van der Waals surface area contributed by atoms with Crippen LogP contribution in [0.2, 0.25) is 0 Å². The molecule has 8 rings (SSSR count). The number of pyridine rings is 1. The Morgan fingerprint density at radius 1 is 0.596 bits per heavy atom. The first-order valence-electron chi connectivity index (χ1n) is 18.0. The number of ether oxygens (including phenoxy) is 1. The maximum atomic E-state index is 6.78. The van der Waals surface area contributed by atoms with Gasteiger partial charge in [0.2, 0.25) is 0 Å². The minimum absolute atomic E-state index is 0.110. The van der Waals surface area contributed by atoms with Gasteiger partial charge < -0.3 is 4.74 Å². The van der Waals surface area contributed by atoms with E-state index in [1.165, 1.54) is 44.3 Å². The molecular formula is C47H44N4O. The van der Waals surface area contributed by atoms with Crippen molar-refractivity contribution in [1.82, 2.24) is 19.3 Å². The number of para-hydroxylation sites is 1. The lowest BCUT2D eigenvalue weighted by atomic mass is 9.86. The van der Waals surface area contributed by atoms with Gasteiger partial charge in [-0.2, -0.15) is 5.10 Å². The van der Waals surface area contributed by atoms with Crippen molar-refractivity contribution >= 4 is 21.8 Å². The van der Waals surface area contributed by atoms with Gasteiger partial charge in [0, 0.05) is 40.4 Å². The minimum Gasteiger partial charge on any atom is -0.457 e. The monoisotopic (exact) mass is 680 g/mol. The molecule has 0 aliphatic heterocycles. The highest BCUT2D eigenvalue weighted by atomic mass is 16.5. The van der Waals surface area contributed by atoms with Crippen LogP contribution in [0.3, 0.4) is 0 Å². The predicted molar refractivity (Wildman–Crippen MR) is 215 cm³/mol. The summed E-state index contributed by atoms with van der Waals surface area (Å²) in [6.07, 6.45) is 1.87. The van der Waals surface area contributed by atoms with Gasteiger partial charge in [-0.3, -0.25) is 4.57 Å². The maximum Gasteiger partial charge on any atom is 0.137 e. The van der Waals surface area contributed by atoms with Crippen molar-refractivity contribution in [3.8, 4) is 45.3 Å². The first-order valence-corrected chi connectivity index (χ1v) is 18.0. The molecule has 0 unspecified atom stereocenters. The van der Waals surface area contributed by atoms with Crippen molar-refractivity contribution in [3.63, 3.8) is 0 Å². The molecule has 0 N–H and O–H groups in total. The van der Waals surface area contributed by atoms with Gasteiger partial charge in [0.05, 0.1) is 22.4 Å². The Bertz CT molecular complexity index is 2610. The molecule has 0 aliphatic carbocycles. The Labute approximate surface area is 306 Å². The average Bonchev–Trinajstić information content (AvgIpc) is 3.60. The van der Waals surface area contributed by atoms with Gasteiger partial charge in [0.1, 0.15) is 17.3 Å². The normalized spacial score (nSPS) is 11.8. The highest BCUT2D eigenvalue weighted by Crippen LogP contribution is 2.39. The van der Waals surface area contributed by atoms with Crippen molar-refractivity contribution in [2.45, 2.75) is 60.8 Å². The SMILES string of the molecule is Cc1ccnc(-n2c3ccccc3c3ccc(Oc4cc(-n5nc(C)c(-c6c(C)cc(-c7ccccc7)cc6C)c5C)cc(C(C)(C)C)c4)cc32)c1. The molecule has 5 aromatic carbocycles. The Morgan fingerprint density at radius 2 is 1.31 bits per heavy atom. The van der Waals surface area contributed by atoms with E-state index in [-0.39, 0.29) is 5.41 Å². The lowest BCUT2D eigenvalue weighted by Gasteiger charge is -2.22. The van der Waals surface area contributed by atoms with Crippen molar-refractivity contribution in [2.75, 3.05) is 0 Å². The van der Waals surface area contributed by atoms with Gasteiger partial charge in [-0.15, -0.1) is 0 Å². The fourth-order valence-electron chi connectivity index (χ4n) is 7.65. The second-order valence-electron chi connectivity index (χ2n) is 15.1. The molecule has 258 valence electrons. The number of hydrogen-bond donors (Lipinski definition) is 0. The number of aromatic nitrogens is 4. The van der Waals surface area contributed by atoms with Crippen LogP contribution in [-0.2, 0) is 5.41 Å². The summed E-state index contributed by atoms with van der Waals surface area (Å²) in [5.74, 6) is 2.42. The van der Waals surface area contributed by atoms with Crippen LogP contribution in [0.1, 0.15) is 54.4 Å². The molecule has 0 fully saturated rings. The Morgan fingerprint density at radius 3 is 2.04 bits per heavy atom. The van der Waals surface area contributed by atoms with Gasteiger partial charge in [0.25, 0.3) is 0 Å². The standard InChI is InChI=1S/C47H44N4O/c1-29-20-21-48-44(22-29)50-42-17-13-12-16-40(42)41-19-18-38(28-43(41)50)52-39-26-36(47(6,7)8)25-37(27-39)51-33(5)46(32(4)49-51)45-30(2)23-35(24-31(45)3)34-14-10-9-11-15-34/h9-28H,1-8H3. The molecule has 0 aliphatic rings.